The minimum atomic E-state index is -1.24. The van der Waals surface area contributed by atoms with Gasteiger partial charge in [-0.3, -0.25) is 16.1 Å². The number of benzene rings is 1. The first-order chi connectivity index (χ1) is 10.8. The smallest absolute Gasteiger partial charge is 0.149 e. The van der Waals surface area contributed by atoms with Crippen molar-refractivity contribution in [2.45, 2.75) is 44.4 Å². The van der Waals surface area contributed by atoms with Crippen LogP contribution in [0.4, 0.5) is 0 Å². The zero-order chi connectivity index (χ0) is 17.2. The van der Waals surface area contributed by atoms with E-state index in [0.717, 1.165) is 24.0 Å². The fraction of sp³-hybridized carbons (Fsp3) is 0.562. The van der Waals surface area contributed by atoms with Crippen LogP contribution in [0, 0.1) is 5.41 Å². The van der Waals surface area contributed by atoms with E-state index in [1.165, 1.54) is 0 Å². The van der Waals surface area contributed by atoms with Crippen LogP contribution in [0.2, 0.25) is 0 Å². The molecular formula is C16H25N3O3S. The van der Waals surface area contributed by atoms with Crippen molar-refractivity contribution in [2.75, 3.05) is 13.2 Å². The molecule has 2 rings (SSSR count). The second-order valence-corrected chi connectivity index (χ2v) is 8.83. The van der Waals surface area contributed by atoms with E-state index < -0.39 is 16.1 Å². The Morgan fingerprint density at radius 2 is 2.17 bits per heavy atom. The molecule has 1 aromatic rings. The Morgan fingerprint density at radius 1 is 1.48 bits per heavy atom. The minimum Gasteiger partial charge on any atom is -0.597 e. The Labute approximate surface area is 140 Å². The van der Waals surface area contributed by atoms with Gasteiger partial charge in [-0.1, -0.05) is 18.2 Å². The maximum Gasteiger partial charge on any atom is 0.149 e. The van der Waals surface area contributed by atoms with Gasteiger partial charge in [-0.2, -0.15) is 0 Å². The Morgan fingerprint density at radius 3 is 2.74 bits per heavy atom. The molecular weight excluding hydrogens is 314 g/mol. The van der Waals surface area contributed by atoms with Crippen molar-refractivity contribution in [2.24, 2.45) is 0 Å². The molecule has 0 spiro atoms. The molecule has 1 unspecified atom stereocenters. The van der Waals surface area contributed by atoms with Crippen LogP contribution in [0.25, 0.3) is 0 Å². The quantitative estimate of drug-likeness (QED) is 0.283. The first-order valence-electron chi connectivity index (χ1n) is 7.71. The summed E-state index contributed by atoms with van der Waals surface area (Å²) in [7, 11) is 0. The molecule has 0 aliphatic heterocycles. The Kier molecular flexibility index (Phi) is 5.70. The lowest BCUT2D eigenvalue weighted by atomic mass is 10.0. The molecule has 7 heteroatoms. The van der Waals surface area contributed by atoms with Crippen molar-refractivity contribution in [1.29, 1.82) is 5.41 Å². The summed E-state index contributed by atoms with van der Waals surface area (Å²) in [5, 5.41) is 26.2. The molecule has 0 aromatic heterocycles. The predicted octanol–water partition coefficient (Wildman–Crippen LogP) is 1.73. The number of hydroxylamine groups is 1. The number of nitrogens with zero attached hydrogens (tertiary/aromatic N) is 1. The SMILES string of the molecule is CC(C)(C)[S+]([O-])N(CCO)[C@H]1CCc2c(C(=N)NO)cccc21. The van der Waals surface area contributed by atoms with E-state index in [-0.39, 0.29) is 18.5 Å². The summed E-state index contributed by atoms with van der Waals surface area (Å²) >= 11 is -1.24. The number of nitrogens with one attached hydrogen (secondary N) is 2. The van der Waals surface area contributed by atoms with Gasteiger partial charge in [0.05, 0.1) is 19.2 Å². The normalized spacial score (nSPS) is 18.8. The van der Waals surface area contributed by atoms with E-state index in [0.29, 0.717) is 12.1 Å². The van der Waals surface area contributed by atoms with Gasteiger partial charge in [0.2, 0.25) is 0 Å². The third kappa shape index (κ3) is 3.70. The lowest BCUT2D eigenvalue weighted by molar-refractivity contribution is 0.222. The van der Waals surface area contributed by atoms with Crippen molar-refractivity contribution in [3.63, 3.8) is 0 Å². The highest BCUT2D eigenvalue weighted by Gasteiger charge is 2.41. The lowest BCUT2D eigenvalue weighted by Gasteiger charge is -2.36. The van der Waals surface area contributed by atoms with E-state index in [1.807, 2.05) is 42.7 Å². The van der Waals surface area contributed by atoms with Gasteiger partial charge in [-0.15, -0.1) is 4.31 Å². The van der Waals surface area contributed by atoms with Gasteiger partial charge in [0.15, 0.2) is 0 Å². The number of hydrogen-bond acceptors (Lipinski definition) is 5. The summed E-state index contributed by atoms with van der Waals surface area (Å²) in [4.78, 5) is 0. The maximum absolute atomic E-state index is 12.9. The van der Waals surface area contributed by atoms with Crippen LogP contribution >= 0.6 is 0 Å². The maximum atomic E-state index is 12.9. The summed E-state index contributed by atoms with van der Waals surface area (Å²) in [6, 6.07) is 5.56. The Hall–Kier alpha value is -1.12. The molecule has 0 heterocycles. The molecule has 0 radical (unpaired) electrons. The molecule has 0 saturated heterocycles. The van der Waals surface area contributed by atoms with Gasteiger partial charge >= 0.3 is 0 Å². The number of aliphatic hydroxyl groups excluding tert-OH is 1. The van der Waals surface area contributed by atoms with Crippen molar-refractivity contribution in [3.05, 3.63) is 34.9 Å². The fourth-order valence-electron chi connectivity index (χ4n) is 3.03. The molecule has 0 saturated carbocycles. The molecule has 0 bridgehead atoms. The molecule has 0 fully saturated rings. The zero-order valence-electron chi connectivity index (χ0n) is 13.8. The Balaban J connectivity index is 2.38. The molecule has 23 heavy (non-hydrogen) atoms. The van der Waals surface area contributed by atoms with Crippen molar-refractivity contribution in [3.8, 4) is 0 Å². The number of rotatable bonds is 5. The minimum absolute atomic E-state index is 0.0341. The predicted molar refractivity (Wildman–Crippen MR) is 90.9 cm³/mol. The van der Waals surface area contributed by atoms with Crippen molar-refractivity contribution >= 4 is 17.2 Å². The van der Waals surface area contributed by atoms with E-state index >= 15 is 0 Å². The third-order valence-corrected chi connectivity index (χ3v) is 5.94. The summed E-state index contributed by atoms with van der Waals surface area (Å²) in [5.74, 6) is -0.0341. The molecule has 1 aliphatic carbocycles. The fourth-order valence-corrected chi connectivity index (χ4v) is 4.43. The van der Waals surface area contributed by atoms with E-state index in [2.05, 4.69) is 0 Å². The second-order valence-electron chi connectivity index (χ2n) is 6.64. The topological polar surface area (TPSA) is 103 Å². The van der Waals surface area contributed by atoms with Crippen molar-refractivity contribution in [1.82, 2.24) is 9.79 Å². The molecule has 1 aliphatic rings. The highest BCUT2D eigenvalue weighted by atomic mass is 32.2. The highest BCUT2D eigenvalue weighted by Crippen LogP contribution is 2.40. The van der Waals surface area contributed by atoms with Gasteiger partial charge in [0.1, 0.15) is 10.6 Å². The second kappa shape index (κ2) is 7.19. The van der Waals surface area contributed by atoms with Crippen LogP contribution in [0.1, 0.15) is 49.9 Å². The Bertz CT molecular complexity index is 574. The summed E-state index contributed by atoms with van der Waals surface area (Å²) < 4.78 is 14.3. The van der Waals surface area contributed by atoms with Gasteiger partial charge in [-0.25, -0.2) is 0 Å². The average Bonchev–Trinajstić information content (AvgIpc) is 2.94. The molecule has 0 amide bonds. The first-order valence-corrected chi connectivity index (χ1v) is 8.82. The molecule has 1 aromatic carbocycles. The molecule has 6 nitrogen and oxygen atoms in total. The van der Waals surface area contributed by atoms with Gasteiger partial charge in [0.25, 0.3) is 0 Å². The van der Waals surface area contributed by atoms with E-state index in [1.54, 1.807) is 6.07 Å². The van der Waals surface area contributed by atoms with Crippen LogP contribution in [-0.4, -0.2) is 42.9 Å². The molecule has 2 atom stereocenters. The van der Waals surface area contributed by atoms with Crippen LogP contribution in [0.15, 0.2) is 18.2 Å². The van der Waals surface area contributed by atoms with Crippen molar-refractivity contribution < 1.29 is 14.9 Å². The van der Waals surface area contributed by atoms with E-state index in [9.17, 15) is 9.66 Å². The number of aliphatic hydroxyl groups is 1. The highest BCUT2D eigenvalue weighted by molar-refractivity contribution is 7.90. The van der Waals surface area contributed by atoms with Gasteiger partial charge in [-0.05, 0) is 44.7 Å². The molecule has 4 N–H and O–H groups in total. The largest absolute Gasteiger partial charge is 0.597 e. The summed E-state index contributed by atoms with van der Waals surface area (Å²) in [5.41, 5.74) is 4.58. The number of amidine groups is 1. The number of hydrogen-bond donors (Lipinski definition) is 4. The molecule has 128 valence electrons. The van der Waals surface area contributed by atoms with E-state index in [4.69, 9.17) is 10.6 Å². The van der Waals surface area contributed by atoms with Crippen LogP contribution < -0.4 is 5.48 Å². The summed E-state index contributed by atoms with van der Waals surface area (Å²) in [6.45, 7) is 6.05. The summed E-state index contributed by atoms with van der Waals surface area (Å²) in [6.07, 6.45) is 1.54. The number of fused-ring (bicyclic) bond motifs is 1. The van der Waals surface area contributed by atoms with Gasteiger partial charge < -0.3 is 9.66 Å². The van der Waals surface area contributed by atoms with Crippen LogP contribution in [0.5, 0.6) is 0 Å². The van der Waals surface area contributed by atoms with Crippen LogP contribution in [-0.2, 0) is 17.8 Å². The standard InChI is InChI=1S/C16H25N3O3S/c1-16(2,3)23(22)19(9-10-20)14-8-7-11-12(14)5-4-6-13(11)15(17)18-21/h4-6,14,20-21H,7-10H2,1-3H3,(H2,17,18)/t14-,23?/m0/s1. The van der Waals surface area contributed by atoms with Gasteiger partial charge in [0, 0.05) is 16.9 Å². The monoisotopic (exact) mass is 339 g/mol. The zero-order valence-corrected chi connectivity index (χ0v) is 14.6. The lowest BCUT2D eigenvalue weighted by Crippen LogP contribution is -2.45. The van der Waals surface area contributed by atoms with Crippen LogP contribution in [0.3, 0.4) is 0 Å². The third-order valence-electron chi connectivity index (χ3n) is 4.03. The first kappa shape index (κ1) is 18.2. The average molecular weight is 339 g/mol.